The van der Waals surface area contributed by atoms with E-state index in [1.165, 1.54) is 5.56 Å². The second kappa shape index (κ2) is 8.02. The summed E-state index contributed by atoms with van der Waals surface area (Å²) in [6.07, 6.45) is 1.33. The van der Waals surface area contributed by atoms with Crippen molar-refractivity contribution in [1.82, 2.24) is 9.80 Å². The molecule has 1 aliphatic rings. The molecule has 0 aromatic heterocycles. The van der Waals surface area contributed by atoms with E-state index in [1.807, 2.05) is 43.9 Å². The fourth-order valence-electron chi connectivity index (χ4n) is 4.27. The molecule has 0 spiro atoms. The monoisotopic (exact) mass is 392 g/mol. The summed E-state index contributed by atoms with van der Waals surface area (Å²) in [4.78, 5) is 29.6. The van der Waals surface area contributed by atoms with E-state index in [-0.39, 0.29) is 11.8 Å². The van der Waals surface area contributed by atoms with Gasteiger partial charge in [-0.15, -0.1) is 0 Å². The van der Waals surface area contributed by atoms with Gasteiger partial charge in [0, 0.05) is 32.6 Å². The van der Waals surface area contributed by atoms with Gasteiger partial charge in [0.25, 0.3) is 0 Å². The van der Waals surface area contributed by atoms with Crippen LogP contribution in [0.3, 0.4) is 0 Å². The minimum atomic E-state index is -0.570. The van der Waals surface area contributed by atoms with Crippen LogP contribution >= 0.6 is 0 Å². The lowest BCUT2D eigenvalue weighted by molar-refractivity contribution is -0.142. The SMILES string of the molecule is CN(C)C(=O)[C@@]1(Cc2cccc(-c3ccccc3)c2)CCN(C(=O)C(C)(C)C)C1. The predicted octanol–water partition coefficient (Wildman–Crippen LogP) is 4.25. The molecule has 1 saturated heterocycles. The summed E-state index contributed by atoms with van der Waals surface area (Å²) < 4.78 is 0. The van der Waals surface area contributed by atoms with Crippen LogP contribution in [0.5, 0.6) is 0 Å². The first-order valence-corrected chi connectivity index (χ1v) is 10.3. The molecule has 0 N–H and O–H groups in total. The van der Waals surface area contributed by atoms with Crippen LogP contribution in [0.25, 0.3) is 11.1 Å². The molecule has 3 rings (SSSR count). The van der Waals surface area contributed by atoms with E-state index in [9.17, 15) is 9.59 Å². The molecule has 0 unspecified atom stereocenters. The van der Waals surface area contributed by atoms with Crippen molar-refractivity contribution in [3.05, 3.63) is 60.2 Å². The maximum atomic E-state index is 13.2. The summed E-state index contributed by atoms with van der Waals surface area (Å²) in [7, 11) is 3.61. The van der Waals surface area contributed by atoms with Crippen LogP contribution in [0.1, 0.15) is 32.8 Å². The van der Waals surface area contributed by atoms with Crippen LogP contribution in [-0.4, -0.2) is 48.8 Å². The second-order valence-corrected chi connectivity index (χ2v) is 9.45. The van der Waals surface area contributed by atoms with Gasteiger partial charge in [-0.2, -0.15) is 0 Å². The molecule has 4 heteroatoms. The Morgan fingerprint density at radius 2 is 1.66 bits per heavy atom. The molecule has 1 fully saturated rings. The molecule has 154 valence electrons. The zero-order chi connectivity index (χ0) is 21.2. The summed E-state index contributed by atoms with van der Waals surface area (Å²) in [5.74, 6) is 0.218. The fraction of sp³-hybridized carbons (Fsp3) is 0.440. The highest BCUT2D eigenvalue weighted by atomic mass is 16.2. The van der Waals surface area contributed by atoms with Crippen LogP contribution < -0.4 is 0 Å². The maximum absolute atomic E-state index is 13.2. The number of likely N-dealkylation sites (tertiary alicyclic amines) is 1. The molecule has 1 heterocycles. The highest BCUT2D eigenvalue weighted by molar-refractivity contribution is 5.87. The third-order valence-electron chi connectivity index (χ3n) is 5.72. The summed E-state index contributed by atoms with van der Waals surface area (Å²) in [5, 5.41) is 0. The highest BCUT2D eigenvalue weighted by Crippen LogP contribution is 2.38. The number of amides is 2. The lowest BCUT2D eigenvalue weighted by Gasteiger charge is -2.32. The first kappa shape index (κ1) is 21.1. The first-order chi connectivity index (χ1) is 13.6. The quantitative estimate of drug-likeness (QED) is 0.780. The lowest BCUT2D eigenvalue weighted by atomic mass is 9.79. The normalized spacial score (nSPS) is 19.3. The number of benzene rings is 2. The van der Waals surface area contributed by atoms with Crippen molar-refractivity contribution in [2.24, 2.45) is 10.8 Å². The number of rotatable bonds is 4. The van der Waals surface area contributed by atoms with Crippen molar-refractivity contribution in [2.45, 2.75) is 33.6 Å². The van der Waals surface area contributed by atoms with E-state index in [0.29, 0.717) is 25.9 Å². The molecule has 2 aromatic carbocycles. The Morgan fingerprint density at radius 3 is 2.28 bits per heavy atom. The van der Waals surface area contributed by atoms with E-state index in [1.54, 1.807) is 19.0 Å². The summed E-state index contributed by atoms with van der Waals surface area (Å²) >= 11 is 0. The first-order valence-electron chi connectivity index (χ1n) is 10.3. The van der Waals surface area contributed by atoms with E-state index in [0.717, 1.165) is 11.1 Å². The lowest BCUT2D eigenvalue weighted by Crippen LogP contribution is -2.46. The maximum Gasteiger partial charge on any atom is 0.230 e. The number of carbonyl (C=O) groups excluding carboxylic acids is 2. The Bertz CT molecular complexity index is 883. The fourth-order valence-corrected chi connectivity index (χ4v) is 4.27. The van der Waals surface area contributed by atoms with Gasteiger partial charge in [0.1, 0.15) is 0 Å². The molecule has 1 aliphatic heterocycles. The molecule has 29 heavy (non-hydrogen) atoms. The molecular formula is C25H32N2O2. The summed E-state index contributed by atoms with van der Waals surface area (Å²) in [5.41, 5.74) is 2.44. The van der Waals surface area contributed by atoms with Crippen LogP contribution in [0.4, 0.5) is 0 Å². The van der Waals surface area contributed by atoms with Gasteiger partial charge in [0.05, 0.1) is 5.41 Å². The standard InChI is InChI=1S/C25H32N2O2/c1-24(2,3)22(28)27-15-14-25(18-27,23(29)26(4)5)17-19-10-9-13-21(16-19)20-11-7-6-8-12-20/h6-13,16H,14-15,17-18H2,1-5H3/t25-/m1/s1. The van der Waals surface area contributed by atoms with Crippen LogP contribution in [0.2, 0.25) is 0 Å². The summed E-state index contributed by atoms with van der Waals surface area (Å²) in [6, 6.07) is 18.7. The minimum Gasteiger partial charge on any atom is -0.348 e. The van der Waals surface area contributed by atoms with Crippen molar-refractivity contribution in [3.8, 4) is 11.1 Å². The van der Waals surface area contributed by atoms with Gasteiger partial charge in [-0.3, -0.25) is 9.59 Å². The molecule has 0 bridgehead atoms. The van der Waals surface area contributed by atoms with Crippen molar-refractivity contribution < 1.29 is 9.59 Å². The zero-order valence-corrected chi connectivity index (χ0v) is 18.2. The van der Waals surface area contributed by atoms with E-state index in [4.69, 9.17) is 0 Å². The highest BCUT2D eigenvalue weighted by Gasteiger charge is 2.48. The Hall–Kier alpha value is -2.62. The zero-order valence-electron chi connectivity index (χ0n) is 18.2. The third kappa shape index (κ3) is 4.52. The predicted molar refractivity (Wildman–Crippen MR) is 117 cm³/mol. The van der Waals surface area contributed by atoms with Crippen LogP contribution in [-0.2, 0) is 16.0 Å². The molecule has 1 atom stereocenters. The molecule has 0 aliphatic carbocycles. The van der Waals surface area contributed by atoms with Gasteiger partial charge in [-0.1, -0.05) is 75.4 Å². The topological polar surface area (TPSA) is 40.6 Å². The van der Waals surface area contributed by atoms with Crippen molar-refractivity contribution in [1.29, 1.82) is 0 Å². The Labute approximate surface area is 174 Å². The number of nitrogens with zero attached hydrogens (tertiary/aromatic N) is 2. The Kier molecular flexibility index (Phi) is 5.83. The van der Waals surface area contributed by atoms with Gasteiger partial charge < -0.3 is 9.80 Å². The molecule has 4 nitrogen and oxygen atoms in total. The molecule has 0 saturated carbocycles. The van der Waals surface area contributed by atoms with Gasteiger partial charge in [-0.25, -0.2) is 0 Å². The number of carbonyl (C=O) groups is 2. The van der Waals surface area contributed by atoms with Crippen molar-refractivity contribution >= 4 is 11.8 Å². The van der Waals surface area contributed by atoms with E-state index in [2.05, 4.69) is 36.4 Å². The van der Waals surface area contributed by atoms with Crippen molar-refractivity contribution in [2.75, 3.05) is 27.2 Å². The average molecular weight is 393 g/mol. The van der Waals surface area contributed by atoms with Crippen LogP contribution in [0, 0.1) is 10.8 Å². The van der Waals surface area contributed by atoms with Crippen molar-refractivity contribution in [3.63, 3.8) is 0 Å². The molecule has 0 radical (unpaired) electrons. The molecule has 2 amide bonds. The van der Waals surface area contributed by atoms with Gasteiger partial charge in [0.2, 0.25) is 11.8 Å². The average Bonchev–Trinajstić information content (AvgIpc) is 3.11. The Morgan fingerprint density at radius 1 is 1.00 bits per heavy atom. The van der Waals surface area contributed by atoms with E-state index < -0.39 is 10.8 Å². The second-order valence-electron chi connectivity index (χ2n) is 9.45. The minimum absolute atomic E-state index is 0.104. The van der Waals surface area contributed by atoms with E-state index >= 15 is 0 Å². The smallest absolute Gasteiger partial charge is 0.230 e. The van der Waals surface area contributed by atoms with Gasteiger partial charge >= 0.3 is 0 Å². The molecule has 2 aromatic rings. The molecular weight excluding hydrogens is 360 g/mol. The number of hydrogen-bond donors (Lipinski definition) is 0. The van der Waals surface area contributed by atoms with Crippen LogP contribution in [0.15, 0.2) is 54.6 Å². The Balaban J connectivity index is 1.90. The van der Waals surface area contributed by atoms with Gasteiger partial charge in [-0.05, 0) is 29.5 Å². The largest absolute Gasteiger partial charge is 0.348 e. The number of hydrogen-bond acceptors (Lipinski definition) is 2. The summed E-state index contributed by atoms with van der Waals surface area (Å²) in [6.45, 7) is 6.93. The third-order valence-corrected chi connectivity index (χ3v) is 5.72. The van der Waals surface area contributed by atoms with Gasteiger partial charge in [0.15, 0.2) is 0 Å².